The number of nitrogens with zero attached hydrogens (tertiary/aromatic N) is 1. The van der Waals surface area contributed by atoms with E-state index >= 15 is 0 Å². The number of para-hydroxylation sites is 1. The van der Waals surface area contributed by atoms with Crippen molar-refractivity contribution in [2.24, 2.45) is 0 Å². The van der Waals surface area contributed by atoms with E-state index < -0.39 is 0 Å². The van der Waals surface area contributed by atoms with Crippen molar-refractivity contribution in [2.75, 3.05) is 24.3 Å². The quantitative estimate of drug-likeness (QED) is 0.737. The van der Waals surface area contributed by atoms with Crippen LogP contribution >= 0.6 is 11.6 Å². The molecule has 0 fully saturated rings. The zero-order chi connectivity index (χ0) is 16.9. The number of carbonyl (C=O) groups is 1. The molecule has 0 radical (unpaired) electrons. The largest absolute Gasteiger partial charge is 0.495 e. The van der Waals surface area contributed by atoms with Gasteiger partial charge in [-0.15, -0.1) is 0 Å². The van der Waals surface area contributed by atoms with Crippen LogP contribution in [0.2, 0.25) is 5.02 Å². The maximum Gasteiger partial charge on any atom is 0.243 e. The van der Waals surface area contributed by atoms with Crippen LogP contribution in [-0.2, 0) is 4.79 Å². The highest BCUT2D eigenvalue weighted by Crippen LogP contribution is 2.27. The highest BCUT2D eigenvalue weighted by molar-refractivity contribution is 6.32. The molecule has 0 aliphatic heterocycles. The Morgan fingerprint density at radius 2 is 2.04 bits per heavy atom. The Kier molecular flexibility index (Phi) is 4.82. The second-order valence-corrected chi connectivity index (χ2v) is 5.54. The average molecular weight is 342 g/mol. The second kappa shape index (κ2) is 7.19. The predicted molar refractivity (Wildman–Crippen MR) is 96.9 cm³/mol. The van der Waals surface area contributed by atoms with Crippen molar-refractivity contribution in [3.05, 3.63) is 59.8 Å². The number of methoxy groups -OCH3 is 1. The lowest BCUT2D eigenvalue weighted by Gasteiger charge is -2.10. The number of ether oxygens (including phenoxy) is 1. The van der Waals surface area contributed by atoms with Gasteiger partial charge < -0.3 is 15.4 Å². The van der Waals surface area contributed by atoms with Gasteiger partial charge in [-0.05, 0) is 30.3 Å². The van der Waals surface area contributed by atoms with Crippen LogP contribution in [0.25, 0.3) is 10.9 Å². The fourth-order valence-electron chi connectivity index (χ4n) is 2.36. The smallest absolute Gasteiger partial charge is 0.243 e. The molecule has 1 heterocycles. The van der Waals surface area contributed by atoms with Gasteiger partial charge >= 0.3 is 0 Å². The summed E-state index contributed by atoms with van der Waals surface area (Å²) in [5, 5.41) is 7.37. The standard InChI is InChI=1S/C18H16ClN3O2/c1-24-16-8-7-13(10-14(16)19)21-11-17(23)22-15-6-2-4-12-5-3-9-20-18(12)15/h2-10,21H,11H2,1H3,(H,22,23). The second-order valence-electron chi connectivity index (χ2n) is 5.13. The third-order valence-corrected chi connectivity index (χ3v) is 3.81. The van der Waals surface area contributed by atoms with Crippen molar-refractivity contribution < 1.29 is 9.53 Å². The van der Waals surface area contributed by atoms with Crippen LogP contribution in [0.1, 0.15) is 0 Å². The van der Waals surface area contributed by atoms with Crippen molar-refractivity contribution >= 4 is 39.8 Å². The van der Waals surface area contributed by atoms with E-state index in [9.17, 15) is 4.79 Å². The van der Waals surface area contributed by atoms with Crippen molar-refractivity contribution in [1.29, 1.82) is 0 Å². The molecule has 5 nitrogen and oxygen atoms in total. The molecule has 0 spiro atoms. The van der Waals surface area contributed by atoms with Gasteiger partial charge in [0.25, 0.3) is 0 Å². The lowest BCUT2D eigenvalue weighted by Crippen LogP contribution is -2.22. The lowest BCUT2D eigenvalue weighted by molar-refractivity contribution is -0.114. The molecule has 6 heteroatoms. The summed E-state index contributed by atoms with van der Waals surface area (Å²) in [5.74, 6) is 0.425. The van der Waals surface area contributed by atoms with Crippen molar-refractivity contribution in [1.82, 2.24) is 4.98 Å². The monoisotopic (exact) mass is 341 g/mol. The van der Waals surface area contributed by atoms with Gasteiger partial charge in [-0.25, -0.2) is 0 Å². The maximum atomic E-state index is 12.2. The third kappa shape index (κ3) is 3.58. The van der Waals surface area contributed by atoms with Crippen molar-refractivity contribution in [2.45, 2.75) is 0 Å². The first kappa shape index (κ1) is 16.1. The molecule has 3 aromatic rings. The highest BCUT2D eigenvalue weighted by atomic mass is 35.5. The summed E-state index contributed by atoms with van der Waals surface area (Å²) >= 11 is 6.07. The van der Waals surface area contributed by atoms with Crippen LogP contribution in [0, 0.1) is 0 Å². The van der Waals surface area contributed by atoms with Gasteiger partial charge in [0, 0.05) is 17.3 Å². The molecule has 0 unspecified atom stereocenters. The molecule has 2 aromatic carbocycles. The summed E-state index contributed by atoms with van der Waals surface area (Å²) in [6.07, 6.45) is 1.70. The molecule has 1 aromatic heterocycles. The Labute approximate surface area is 144 Å². The number of halogens is 1. The molecular formula is C18H16ClN3O2. The molecule has 0 aliphatic rings. The van der Waals surface area contributed by atoms with Gasteiger partial charge in [0.2, 0.25) is 5.91 Å². The summed E-state index contributed by atoms with van der Waals surface area (Å²) < 4.78 is 5.10. The molecule has 0 saturated carbocycles. The SMILES string of the molecule is COc1ccc(NCC(=O)Nc2cccc3cccnc23)cc1Cl. The van der Waals surface area contributed by atoms with Gasteiger partial charge in [0.15, 0.2) is 0 Å². The highest BCUT2D eigenvalue weighted by Gasteiger charge is 2.07. The fourth-order valence-corrected chi connectivity index (χ4v) is 2.62. The molecule has 0 aliphatic carbocycles. The zero-order valence-electron chi connectivity index (χ0n) is 13.0. The number of aromatic nitrogens is 1. The maximum absolute atomic E-state index is 12.2. The number of amides is 1. The minimum absolute atomic E-state index is 0.117. The van der Waals surface area contributed by atoms with Gasteiger partial charge in [-0.2, -0.15) is 0 Å². The number of carbonyl (C=O) groups excluding carboxylic acids is 1. The normalized spacial score (nSPS) is 10.4. The van der Waals surface area contributed by atoms with Crippen LogP contribution < -0.4 is 15.4 Å². The van der Waals surface area contributed by atoms with E-state index in [1.807, 2.05) is 30.3 Å². The fraction of sp³-hybridized carbons (Fsp3) is 0.111. The Hall–Kier alpha value is -2.79. The van der Waals surface area contributed by atoms with E-state index in [0.717, 1.165) is 16.6 Å². The van der Waals surface area contributed by atoms with E-state index in [-0.39, 0.29) is 12.5 Å². The number of anilines is 2. The van der Waals surface area contributed by atoms with Crippen LogP contribution in [0.3, 0.4) is 0 Å². The zero-order valence-corrected chi connectivity index (χ0v) is 13.8. The minimum atomic E-state index is -0.167. The number of hydrogen-bond donors (Lipinski definition) is 2. The summed E-state index contributed by atoms with van der Waals surface area (Å²) in [4.78, 5) is 16.5. The summed E-state index contributed by atoms with van der Waals surface area (Å²) in [7, 11) is 1.56. The number of fused-ring (bicyclic) bond motifs is 1. The molecule has 0 atom stereocenters. The molecule has 1 amide bonds. The molecule has 3 rings (SSSR count). The summed E-state index contributed by atoms with van der Waals surface area (Å²) in [6, 6.07) is 14.8. The van der Waals surface area contributed by atoms with Gasteiger partial charge in [-0.3, -0.25) is 9.78 Å². The van der Waals surface area contributed by atoms with E-state index in [1.54, 1.807) is 31.5 Å². The van der Waals surface area contributed by atoms with Crippen LogP contribution in [0.15, 0.2) is 54.7 Å². The number of hydrogen-bond acceptors (Lipinski definition) is 4. The molecule has 2 N–H and O–H groups in total. The number of rotatable bonds is 5. The minimum Gasteiger partial charge on any atom is -0.495 e. The Bertz CT molecular complexity index is 878. The van der Waals surface area contributed by atoms with E-state index in [4.69, 9.17) is 16.3 Å². The average Bonchev–Trinajstić information content (AvgIpc) is 2.60. The first-order chi connectivity index (χ1) is 11.7. The van der Waals surface area contributed by atoms with E-state index in [1.165, 1.54) is 0 Å². The molecule has 0 bridgehead atoms. The van der Waals surface area contributed by atoms with E-state index in [0.29, 0.717) is 16.5 Å². The van der Waals surface area contributed by atoms with Gasteiger partial charge in [0.05, 0.1) is 29.9 Å². The number of pyridine rings is 1. The predicted octanol–water partition coefficient (Wildman–Crippen LogP) is 3.95. The van der Waals surface area contributed by atoms with Gasteiger partial charge in [-0.1, -0.05) is 29.8 Å². The molecular weight excluding hydrogens is 326 g/mol. The summed E-state index contributed by atoms with van der Waals surface area (Å²) in [6.45, 7) is 0.117. The third-order valence-electron chi connectivity index (χ3n) is 3.51. The van der Waals surface area contributed by atoms with Gasteiger partial charge in [0.1, 0.15) is 5.75 Å². The number of nitrogens with one attached hydrogen (secondary N) is 2. The Morgan fingerprint density at radius 1 is 1.21 bits per heavy atom. The van der Waals surface area contributed by atoms with Crippen molar-refractivity contribution in [3.8, 4) is 5.75 Å². The molecule has 0 saturated heterocycles. The molecule has 24 heavy (non-hydrogen) atoms. The number of benzene rings is 2. The van der Waals surface area contributed by atoms with E-state index in [2.05, 4.69) is 15.6 Å². The van der Waals surface area contributed by atoms with Crippen LogP contribution in [-0.4, -0.2) is 24.5 Å². The van der Waals surface area contributed by atoms with Crippen LogP contribution in [0.4, 0.5) is 11.4 Å². The first-order valence-corrected chi connectivity index (χ1v) is 7.76. The first-order valence-electron chi connectivity index (χ1n) is 7.38. The summed E-state index contributed by atoms with van der Waals surface area (Å²) in [5.41, 5.74) is 2.19. The van der Waals surface area contributed by atoms with Crippen molar-refractivity contribution in [3.63, 3.8) is 0 Å². The topological polar surface area (TPSA) is 63.2 Å². The van der Waals surface area contributed by atoms with Crippen LogP contribution in [0.5, 0.6) is 5.75 Å². The lowest BCUT2D eigenvalue weighted by atomic mass is 10.2. The molecule has 122 valence electrons. The Morgan fingerprint density at radius 3 is 2.83 bits per heavy atom. The Balaban J connectivity index is 1.66.